The summed E-state index contributed by atoms with van der Waals surface area (Å²) in [5, 5.41) is 21.5. The lowest BCUT2D eigenvalue weighted by Crippen LogP contribution is -2.74. The van der Waals surface area contributed by atoms with Crippen LogP contribution in [-0.4, -0.2) is 21.4 Å². The van der Waals surface area contributed by atoms with Crippen molar-refractivity contribution in [3.63, 3.8) is 0 Å². The molecule has 2 nitrogen and oxygen atoms in total. The summed E-state index contributed by atoms with van der Waals surface area (Å²) in [5.41, 5.74) is -1.46. The maximum Gasteiger partial charge on any atom is 0.102 e. The summed E-state index contributed by atoms with van der Waals surface area (Å²) in [6.45, 7) is 6.46. The van der Waals surface area contributed by atoms with Gasteiger partial charge < -0.3 is 10.2 Å². The largest absolute Gasteiger partial charge is 0.387 e. The first-order valence-corrected chi connectivity index (χ1v) is 6.30. The molecule has 3 rings (SSSR count). The minimum absolute atomic E-state index is 0.0846. The third-order valence-corrected chi connectivity index (χ3v) is 5.68. The Bertz CT molecular complexity index is 308. The SMILES string of the molecule is CC1CC(O)(C2(O)C(C)CC23CC3C)C1. The van der Waals surface area contributed by atoms with Crippen LogP contribution in [0.1, 0.15) is 46.5 Å². The van der Waals surface area contributed by atoms with E-state index in [1.807, 2.05) is 0 Å². The van der Waals surface area contributed by atoms with Crippen LogP contribution in [0, 0.1) is 23.2 Å². The number of hydrogen-bond donors (Lipinski definition) is 2. The van der Waals surface area contributed by atoms with Gasteiger partial charge in [-0.15, -0.1) is 0 Å². The standard InChI is InChI=1S/C13H22O2/c1-8-4-12(14,5-8)13(15)10(3)7-11(13)6-9(11)2/h8-10,14-15H,4-7H2,1-3H3. The zero-order valence-electron chi connectivity index (χ0n) is 9.95. The van der Waals surface area contributed by atoms with Crippen LogP contribution in [0.25, 0.3) is 0 Å². The van der Waals surface area contributed by atoms with Crippen molar-refractivity contribution in [3.05, 3.63) is 0 Å². The summed E-state index contributed by atoms with van der Waals surface area (Å²) >= 11 is 0. The van der Waals surface area contributed by atoms with E-state index in [2.05, 4.69) is 20.8 Å². The minimum Gasteiger partial charge on any atom is -0.387 e. The molecule has 2 heteroatoms. The van der Waals surface area contributed by atoms with E-state index in [9.17, 15) is 10.2 Å². The molecule has 0 radical (unpaired) electrons. The van der Waals surface area contributed by atoms with Crippen molar-refractivity contribution in [2.75, 3.05) is 0 Å². The number of rotatable bonds is 1. The summed E-state index contributed by atoms with van der Waals surface area (Å²) in [4.78, 5) is 0. The predicted molar refractivity (Wildman–Crippen MR) is 58.3 cm³/mol. The molecule has 4 unspecified atom stereocenters. The van der Waals surface area contributed by atoms with Gasteiger partial charge in [-0.2, -0.15) is 0 Å². The fourth-order valence-electron chi connectivity index (χ4n) is 4.84. The Hall–Kier alpha value is -0.0800. The summed E-state index contributed by atoms with van der Waals surface area (Å²) in [5.74, 6) is 1.47. The first kappa shape index (κ1) is 10.1. The average Bonchev–Trinajstić information content (AvgIpc) is 2.76. The number of aliphatic hydroxyl groups is 2. The Balaban J connectivity index is 1.90. The van der Waals surface area contributed by atoms with E-state index in [1.54, 1.807) is 0 Å². The molecule has 3 saturated carbocycles. The molecule has 0 amide bonds. The van der Waals surface area contributed by atoms with Gasteiger partial charge >= 0.3 is 0 Å². The maximum absolute atomic E-state index is 10.9. The van der Waals surface area contributed by atoms with Crippen molar-refractivity contribution >= 4 is 0 Å². The first-order valence-electron chi connectivity index (χ1n) is 6.30. The van der Waals surface area contributed by atoms with Gasteiger partial charge in [-0.1, -0.05) is 20.8 Å². The maximum atomic E-state index is 10.9. The van der Waals surface area contributed by atoms with Gasteiger partial charge in [0.2, 0.25) is 0 Å². The highest BCUT2D eigenvalue weighted by Gasteiger charge is 2.80. The van der Waals surface area contributed by atoms with E-state index in [1.165, 1.54) is 0 Å². The monoisotopic (exact) mass is 210 g/mol. The molecule has 0 aliphatic heterocycles. The second-order valence-electron chi connectivity index (χ2n) is 6.68. The normalized spacial score (nSPS) is 67.4. The van der Waals surface area contributed by atoms with Gasteiger partial charge in [-0.05, 0) is 43.4 Å². The van der Waals surface area contributed by atoms with Crippen molar-refractivity contribution < 1.29 is 10.2 Å². The van der Waals surface area contributed by atoms with Gasteiger partial charge in [-0.3, -0.25) is 0 Å². The third-order valence-electron chi connectivity index (χ3n) is 5.68. The minimum atomic E-state index is -0.772. The van der Waals surface area contributed by atoms with Crippen LogP contribution in [0.15, 0.2) is 0 Å². The van der Waals surface area contributed by atoms with Crippen molar-refractivity contribution in [1.29, 1.82) is 0 Å². The molecule has 0 saturated heterocycles. The molecule has 86 valence electrons. The molecule has 3 aliphatic rings. The molecule has 4 atom stereocenters. The highest BCUT2D eigenvalue weighted by molar-refractivity contribution is 5.30. The van der Waals surface area contributed by atoms with Crippen molar-refractivity contribution in [2.24, 2.45) is 23.2 Å². The van der Waals surface area contributed by atoms with Gasteiger partial charge in [-0.25, -0.2) is 0 Å². The van der Waals surface area contributed by atoms with Crippen LogP contribution < -0.4 is 0 Å². The van der Waals surface area contributed by atoms with E-state index in [4.69, 9.17) is 0 Å². The van der Waals surface area contributed by atoms with Gasteiger partial charge in [0.1, 0.15) is 5.60 Å². The Morgan fingerprint density at radius 3 is 1.73 bits per heavy atom. The summed E-state index contributed by atoms with van der Waals surface area (Å²) < 4.78 is 0. The molecular formula is C13H22O2. The summed E-state index contributed by atoms with van der Waals surface area (Å²) in [6, 6.07) is 0. The fraction of sp³-hybridized carbons (Fsp3) is 1.00. The van der Waals surface area contributed by atoms with Crippen LogP contribution in [0.3, 0.4) is 0 Å². The van der Waals surface area contributed by atoms with Crippen LogP contribution in [0.5, 0.6) is 0 Å². The third kappa shape index (κ3) is 0.861. The molecule has 0 aromatic carbocycles. The molecule has 0 heterocycles. The lowest BCUT2D eigenvalue weighted by atomic mass is 9.45. The number of hydrogen-bond acceptors (Lipinski definition) is 2. The molecule has 0 aromatic heterocycles. The Labute approximate surface area is 91.7 Å². The highest BCUT2D eigenvalue weighted by atomic mass is 16.4. The van der Waals surface area contributed by atoms with Crippen LogP contribution in [0.2, 0.25) is 0 Å². The second kappa shape index (κ2) is 2.43. The Morgan fingerprint density at radius 1 is 0.867 bits per heavy atom. The molecule has 15 heavy (non-hydrogen) atoms. The lowest BCUT2D eigenvalue weighted by Gasteiger charge is -2.65. The quantitative estimate of drug-likeness (QED) is 0.694. The van der Waals surface area contributed by atoms with Crippen molar-refractivity contribution in [1.82, 2.24) is 0 Å². The van der Waals surface area contributed by atoms with Gasteiger partial charge in [0.25, 0.3) is 0 Å². The van der Waals surface area contributed by atoms with E-state index >= 15 is 0 Å². The van der Waals surface area contributed by atoms with Crippen LogP contribution >= 0.6 is 0 Å². The molecule has 3 aliphatic carbocycles. The van der Waals surface area contributed by atoms with Crippen molar-refractivity contribution in [2.45, 2.75) is 57.7 Å². The molecule has 0 aromatic rings. The molecule has 1 spiro atoms. The summed E-state index contributed by atoms with van der Waals surface area (Å²) in [7, 11) is 0. The van der Waals surface area contributed by atoms with Gasteiger partial charge in [0.15, 0.2) is 0 Å². The second-order valence-corrected chi connectivity index (χ2v) is 6.68. The van der Waals surface area contributed by atoms with E-state index in [0.717, 1.165) is 25.7 Å². The van der Waals surface area contributed by atoms with Crippen molar-refractivity contribution in [3.8, 4) is 0 Å². The molecule has 2 N–H and O–H groups in total. The fourth-order valence-corrected chi connectivity index (χ4v) is 4.84. The Kier molecular flexibility index (Phi) is 1.64. The van der Waals surface area contributed by atoms with Gasteiger partial charge in [0, 0.05) is 5.41 Å². The smallest absolute Gasteiger partial charge is 0.102 e. The predicted octanol–water partition coefficient (Wildman–Crippen LogP) is 1.94. The van der Waals surface area contributed by atoms with Gasteiger partial charge in [0.05, 0.1) is 5.60 Å². The van der Waals surface area contributed by atoms with E-state index < -0.39 is 11.2 Å². The lowest BCUT2D eigenvalue weighted by molar-refractivity contribution is -0.306. The van der Waals surface area contributed by atoms with Crippen LogP contribution in [-0.2, 0) is 0 Å². The zero-order valence-corrected chi connectivity index (χ0v) is 9.95. The topological polar surface area (TPSA) is 40.5 Å². The summed E-state index contributed by atoms with van der Waals surface area (Å²) in [6.07, 6.45) is 3.82. The highest BCUT2D eigenvalue weighted by Crippen LogP contribution is 2.77. The first-order chi connectivity index (χ1) is 6.86. The average molecular weight is 210 g/mol. The molecule has 0 bridgehead atoms. The molecule has 3 fully saturated rings. The van der Waals surface area contributed by atoms with E-state index in [-0.39, 0.29) is 11.3 Å². The molecular weight excluding hydrogens is 188 g/mol. The van der Waals surface area contributed by atoms with E-state index in [0.29, 0.717) is 11.8 Å². The Morgan fingerprint density at radius 2 is 1.40 bits per heavy atom. The van der Waals surface area contributed by atoms with Crippen LogP contribution in [0.4, 0.5) is 0 Å². The zero-order chi connectivity index (χ0) is 11.1.